The van der Waals surface area contributed by atoms with Gasteiger partial charge in [-0.25, -0.2) is 9.67 Å². The molecule has 0 radical (unpaired) electrons. The molecule has 0 unspecified atom stereocenters. The Morgan fingerprint density at radius 1 is 1.08 bits per heavy atom. The quantitative estimate of drug-likeness (QED) is 0.554. The number of hydrogen-bond donors (Lipinski definition) is 0. The van der Waals surface area contributed by atoms with Crippen LogP contribution in [0.5, 0.6) is 0 Å². The summed E-state index contributed by atoms with van der Waals surface area (Å²) in [6.07, 6.45) is 3.13. The summed E-state index contributed by atoms with van der Waals surface area (Å²) < 4.78 is 3.28. The Bertz CT molecular complexity index is 1180. The third-order valence-corrected chi connectivity index (χ3v) is 5.03. The summed E-state index contributed by atoms with van der Waals surface area (Å²) in [4.78, 5) is 17.4. The van der Waals surface area contributed by atoms with Gasteiger partial charge in [0.1, 0.15) is 11.7 Å². The largest absolute Gasteiger partial charge is 0.294 e. The summed E-state index contributed by atoms with van der Waals surface area (Å²) in [6.45, 7) is 4.46. The van der Waals surface area contributed by atoms with E-state index in [1.54, 1.807) is 21.8 Å². The number of halogens is 1. The molecule has 0 aliphatic rings. The van der Waals surface area contributed by atoms with Gasteiger partial charge in [-0.1, -0.05) is 41.9 Å². The van der Waals surface area contributed by atoms with E-state index in [4.69, 9.17) is 11.6 Å². The lowest BCUT2D eigenvalue weighted by Gasteiger charge is -2.10. The summed E-state index contributed by atoms with van der Waals surface area (Å²) in [6, 6.07) is 13.5. The van der Waals surface area contributed by atoms with Crippen LogP contribution in [0.15, 0.2) is 59.8 Å². The monoisotopic (exact) mass is 364 g/mol. The van der Waals surface area contributed by atoms with E-state index in [2.05, 4.69) is 23.1 Å². The van der Waals surface area contributed by atoms with E-state index >= 15 is 0 Å². The number of benzene rings is 2. The number of aromatic nitrogens is 4. The molecule has 0 bridgehead atoms. The van der Waals surface area contributed by atoms with Gasteiger partial charge in [-0.05, 0) is 42.7 Å². The smallest absolute Gasteiger partial charge is 0.264 e. The lowest BCUT2D eigenvalue weighted by Crippen LogP contribution is -2.21. The van der Waals surface area contributed by atoms with Crippen LogP contribution in [0.2, 0.25) is 5.02 Å². The van der Waals surface area contributed by atoms with Crippen LogP contribution >= 0.6 is 11.6 Å². The van der Waals surface area contributed by atoms with E-state index in [0.29, 0.717) is 22.6 Å². The molecule has 4 rings (SSSR count). The molecular weight excluding hydrogens is 348 g/mol. The Balaban J connectivity index is 1.82. The molecule has 0 atom stereocenters. The van der Waals surface area contributed by atoms with Crippen molar-refractivity contribution in [3.05, 3.63) is 87.1 Å². The van der Waals surface area contributed by atoms with E-state index in [-0.39, 0.29) is 5.56 Å². The minimum Gasteiger partial charge on any atom is -0.294 e. The Kier molecular flexibility index (Phi) is 4.09. The normalized spacial score (nSPS) is 11.2. The first kappa shape index (κ1) is 16.5. The van der Waals surface area contributed by atoms with Crippen LogP contribution < -0.4 is 5.56 Å². The van der Waals surface area contributed by atoms with Gasteiger partial charge >= 0.3 is 0 Å². The number of rotatable bonds is 3. The van der Waals surface area contributed by atoms with E-state index in [1.807, 2.05) is 43.3 Å². The van der Waals surface area contributed by atoms with Crippen molar-refractivity contribution in [3.8, 4) is 5.69 Å². The van der Waals surface area contributed by atoms with Gasteiger partial charge in [0.15, 0.2) is 5.65 Å². The molecule has 4 aromatic rings. The lowest BCUT2D eigenvalue weighted by molar-refractivity contribution is 0.745. The molecule has 6 heteroatoms. The predicted molar refractivity (Wildman–Crippen MR) is 103 cm³/mol. The molecule has 2 aromatic heterocycles. The van der Waals surface area contributed by atoms with Crippen LogP contribution in [-0.4, -0.2) is 19.3 Å². The zero-order valence-corrected chi connectivity index (χ0v) is 15.2. The van der Waals surface area contributed by atoms with Gasteiger partial charge in [0.05, 0.1) is 18.4 Å². The third kappa shape index (κ3) is 2.70. The van der Waals surface area contributed by atoms with Crippen LogP contribution in [-0.2, 0) is 6.54 Å². The average Bonchev–Trinajstić information content (AvgIpc) is 3.06. The Morgan fingerprint density at radius 2 is 1.88 bits per heavy atom. The fourth-order valence-corrected chi connectivity index (χ4v) is 3.21. The van der Waals surface area contributed by atoms with Crippen LogP contribution in [0.3, 0.4) is 0 Å². The highest BCUT2D eigenvalue weighted by atomic mass is 35.5. The van der Waals surface area contributed by atoms with Crippen molar-refractivity contribution in [2.75, 3.05) is 0 Å². The standard InChI is InChI=1S/C20H17ClN4O/c1-13-6-5-9-18(14(13)2)25-19-16(10-23-25)20(26)24(12-22-19)11-15-7-3-4-8-17(15)21/h3-10,12H,11H2,1-2H3. The SMILES string of the molecule is Cc1cccc(-n2ncc3c(=O)n(Cc4ccccc4Cl)cnc32)c1C. The third-order valence-electron chi connectivity index (χ3n) is 4.66. The molecule has 0 N–H and O–H groups in total. The van der Waals surface area contributed by atoms with Crippen molar-refractivity contribution in [2.24, 2.45) is 0 Å². The molecular formula is C20H17ClN4O. The maximum absolute atomic E-state index is 12.9. The molecule has 5 nitrogen and oxygen atoms in total. The van der Waals surface area contributed by atoms with Gasteiger partial charge in [-0.2, -0.15) is 5.10 Å². The van der Waals surface area contributed by atoms with Gasteiger partial charge in [0.2, 0.25) is 0 Å². The van der Waals surface area contributed by atoms with Crippen molar-refractivity contribution in [3.63, 3.8) is 0 Å². The number of hydrogen-bond acceptors (Lipinski definition) is 3. The molecule has 130 valence electrons. The highest BCUT2D eigenvalue weighted by Gasteiger charge is 2.14. The van der Waals surface area contributed by atoms with Crippen molar-refractivity contribution < 1.29 is 0 Å². The van der Waals surface area contributed by atoms with E-state index in [9.17, 15) is 4.79 Å². The maximum Gasteiger partial charge on any atom is 0.264 e. The molecule has 0 aliphatic heterocycles. The van der Waals surface area contributed by atoms with Crippen molar-refractivity contribution >= 4 is 22.6 Å². The topological polar surface area (TPSA) is 52.7 Å². The van der Waals surface area contributed by atoms with Crippen LogP contribution in [0, 0.1) is 13.8 Å². The highest BCUT2D eigenvalue weighted by Crippen LogP contribution is 2.20. The van der Waals surface area contributed by atoms with Crippen molar-refractivity contribution in [2.45, 2.75) is 20.4 Å². The van der Waals surface area contributed by atoms with Gasteiger partial charge in [0, 0.05) is 5.02 Å². The highest BCUT2D eigenvalue weighted by molar-refractivity contribution is 6.31. The molecule has 0 saturated carbocycles. The van der Waals surface area contributed by atoms with Crippen molar-refractivity contribution in [1.29, 1.82) is 0 Å². The number of fused-ring (bicyclic) bond motifs is 1. The van der Waals surface area contributed by atoms with E-state index < -0.39 is 0 Å². The van der Waals surface area contributed by atoms with Gasteiger partial charge in [-0.3, -0.25) is 9.36 Å². The van der Waals surface area contributed by atoms with Crippen LogP contribution in [0.25, 0.3) is 16.7 Å². The minimum atomic E-state index is -0.133. The number of aryl methyl sites for hydroxylation is 1. The van der Waals surface area contributed by atoms with Gasteiger partial charge in [-0.15, -0.1) is 0 Å². The second-order valence-corrected chi connectivity index (χ2v) is 6.69. The molecule has 0 saturated heterocycles. The Labute approximate surface area is 155 Å². The fourth-order valence-electron chi connectivity index (χ4n) is 3.01. The maximum atomic E-state index is 12.9. The molecule has 2 heterocycles. The van der Waals surface area contributed by atoms with E-state index in [0.717, 1.165) is 16.8 Å². The van der Waals surface area contributed by atoms with Crippen LogP contribution in [0.1, 0.15) is 16.7 Å². The summed E-state index contributed by atoms with van der Waals surface area (Å²) >= 11 is 6.21. The van der Waals surface area contributed by atoms with E-state index in [1.165, 1.54) is 5.56 Å². The van der Waals surface area contributed by atoms with Crippen molar-refractivity contribution in [1.82, 2.24) is 19.3 Å². The Morgan fingerprint density at radius 3 is 2.69 bits per heavy atom. The second-order valence-electron chi connectivity index (χ2n) is 6.28. The summed E-state index contributed by atoms with van der Waals surface area (Å²) in [5, 5.41) is 5.53. The Hall–Kier alpha value is -2.92. The lowest BCUT2D eigenvalue weighted by atomic mass is 10.1. The molecule has 0 aliphatic carbocycles. The molecule has 0 fully saturated rings. The fraction of sp³-hybridized carbons (Fsp3) is 0.150. The summed E-state index contributed by atoms with van der Waals surface area (Å²) in [5.41, 5.74) is 4.50. The molecule has 0 spiro atoms. The molecule has 2 aromatic carbocycles. The summed E-state index contributed by atoms with van der Waals surface area (Å²) in [5.74, 6) is 0. The van der Waals surface area contributed by atoms with Gasteiger partial charge < -0.3 is 0 Å². The molecule has 0 amide bonds. The predicted octanol–water partition coefficient (Wildman–Crippen LogP) is 3.90. The minimum absolute atomic E-state index is 0.133. The summed E-state index contributed by atoms with van der Waals surface area (Å²) in [7, 11) is 0. The zero-order chi connectivity index (χ0) is 18.3. The van der Waals surface area contributed by atoms with Gasteiger partial charge in [0.25, 0.3) is 5.56 Å². The number of nitrogens with zero attached hydrogens (tertiary/aromatic N) is 4. The first-order valence-corrected chi connectivity index (χ1v) is 8.67. The first-order valence-electron chi connectivity index (χ1n) is 8.29. The zero-order valence-electron chi connectivity index (χ0n) is 14.5. The average molecular weight is 365 g/mol. The second kappa shape index (κ2) is 6.42. The first-order chi connectivity index (χ1) is 12.6. The van der Waals surface area contributed by atoms with Crippen LogP contribution in [0.4, 0.5) is 0 Å². The molecule has 26 heavy (non-hydrogen) atoms.